The van der Waals surface area contributed by atoms with Gasteiger partial charge in [-0.3, -0.25) is 0 Å². The van der Waals surface area contributed by atoms with Crippen molar-refractivity contribution in [3.05, 3.63) is 0 Å². The van der Waals surface area contributed by atoms with Gasteiger partial charge >= 0.3 is 5.97 Å². The predicted molar refractivity (Wildman–Crippen MR) is 108 cm³/mol. The summed E-state index contributed by atoms with van der Waals surface area (Å²) in [6.07, 6.45) is 15.2. The van der Waals surface area contributed by atoms with Crippen molar-refractivity contribution >= 4 is 29.5 Å². The van der Waals surface area contributed by atoms with E-state index in [2.05, 4.69) is 13.8 Å². The van der Waals surface area contributed by atoms with Crippen molar-refractivity contribution in [2.24, 2.45) is 0 Å². The van der Waals surface area contributed by atoms with Crippen LogP contribution in [0.2, 0.25) is 0 Å². The van der Waals surface area contributed by atoms with Crippen molar-refractivity contribution in [2.45, 2.75) is 102 Å². The predicted octanol–water partition coefficient (Wildman–Crippen LogP) is 6.97. The SMILES string of the molecule is CCCCCCCCSC(C)(SCCCCCCCC)C(=O)O. The van der Waals surface area contributed by atoms with E-state index in [0.29, 0.717) is 0 Å². The molecule has 0 bridgehead atoms. The molecular weight excluding hydrogens is 324 g/mol. The maximum Gasteiger partial charge on any atom is 0.329 e. The summed E-state index contributed by atoms with van der Waals surface area (Å²) in [6, 6.07) is 0. The second-order valence-electron chi connectivity index (χ2n) is 6.48. The van der Waals surface area contributed by atoms with Gasteiger partial charge in [0.1, 0.15) is 0 Å². The lowest BCUT2D eigenvalue weighted by Crippen LogP contribution is -2.28. The first-order valence-corrected chi connectivity index (χ1v) is 11.5. The molecule has 0 fully saturated rings. The lowest BCUT2D eigenvalue weighted by molar-refractivity contribution is -0.136. The van der Waals surface area contributed by atoms with Gasteiger partial charge in [-0.1, -0.05) is 78.1 Å². The van der Waals surface area contributed by atoms with E-state index >= 15 is 0 Å². The fourth-order valence-corrected chi connectivity index (χ4v) is 5.02. The summed E-state index contributed by atoms with van der Waals surface area (Å²) in [7, 11) is 0. The van der Waals surface area contributed by atoms with E-state index in [1.807, 2.05) is 6.92 Å². The van der Waals surface area contributed by atoms with Crippen LogP contribution >= 0.6 is 23.5 Å². The van der Waals surface area contributed by atoms with Gasteiger partial charge in [0.2, 0.25) is 0 Å². The van der Waals surface area contributed by atoms with E-state index in [1.165, 1.54) is 64.2 Å². The highest BCUT2D eigenvalue weighted by atomic mass is 32.2. The quantitative estimate of drug-likeness (QED) is 0.224. The Hall–Kier alpha value is 0.170. The number of hydrogen-bond donors (Lipinski definition) is 1. The zero-order valence-corrected chi connectivity index (χ0v) is 17.2. The molecule has 0 saturated heterocycles. The molecule has 0 unspecified atom stereocenters. The molecule has 4 heteroatoms. The molecule has 0 atom stereocenters. The summed E-state index contributed by atoms with van der Waals surface area (Å²) < 4.78 is -0.660. The number of thioether (sulfide) groups is 2. The average molecular weight is 363 g/mol. The Morgan fingerprint density at radius 2 is 1.09 bits per heavy atom. The fourth-order valence-electron chi connectivity index (χ4n) is 2.46. The summed E-state index contributed by atoms with van der Waals surface area (Å²) in [6.45, 7) is 6.35. The highest BCUT2D eigenvalue weighted by Gasteiger charge is 2.33. The third-order valence-corrected chi connectivity index (χ3v) is 7.28. The van der Waals surface area contributed by atoms with Crippen molar-refractivity contribution < 1.29 is 9.90 Å². The van der Waals surface area contributed by atoms with E-state index in [1.54, 1.807) is 23.5 Å². The van der Waals surface area contributed by atoms with Gasteiger partial charge in [0.25, 0.3) is 0 Å². The zero-order valence-electron chi connectivity index (χ0n) is 15.6. The van der Waals surface area contributed by atoms with Crippen molar-refractivity contribution in [1.29, 1.82) is 0 Å². The molecule has 0 radical (unpaired) electrons. The monoisotopic (exact) mass is 362 g/mol. The second-order valence-corrected chi connectivity index (χ2v) is 9.77. The maximum atomic E-state index is 11.6. The zero-order chi connectivity index (χ0) is 17.4. The van der Waals surface area contributed by atoms with Crippen LogP contribution in [0.4, 0.5) is 0 Å². The van der Waals surface area contributed by atoms with E-state index in [4.69, 9.17) is 0 Å². The molecule has 0 spiro atoms. The van der Waals surface area contributed by atoms with E-state index in [0.717, 1.165) is 24.3 Å². The van der Waals surface area contributed by atoms with Crippen LogP contribution in [0.3, 0.4) is 0 Å². The van der Waals surface area contributed by atoms with Gasteiger partial charge in [-0.05, 0) is 31.3 Å². The Kier molecular flexibility index (Phi) is 15.8. The third kappa shape index (κ3) is 13.2. The van der Waals surface area contributed by atoms with Crippen molar-refractivity contribution in [1.82, 2.24) is 0 Å². The van der Waals surface area contributed by atoms with Crippen LogP contribution in [0.1, 0.15) is 97.8 Å². The highest BCUT2D eigenvalue weighted by molar-refractivity contribution is 8.19. The molecular formula is C19H38O2S2. The molecule has 0 heterocycles. The van der Waals surface area contributed by atoms with Crippen LogP contribution in [0.15, 0.2) is 0 Å². The van der Waals surface area contributed by atoms with Gasteiger partial charge in [-0.25, -0.2) is 4.79 Å². The Labute approximate surface area is 153 Å². The molecule has 0 amide bonds. The molecule has 0 aliphatic rings. The number of carbonyl (C=O) groups is 1. The van der Waals surface area contributed by atoms with Gasteiger partial charge in [-0.2, -0.15) is 0 Å². The molecule has 0 aromatic heterocycles. The van der Waals surface area contributed by atoms with Gasteiger partial charge in [0.05, 0.1) is 0 Å². The number of carboxylic acids is 1. The molecule has 0 aliphatic heterocycles. The maximum absolute atomic E-state index is 11.6. The summed E-state index contributed by atoms with van der Waals surface area (Å²) in [4.78, 5) is 11.6. The summed E-state index contributed by atoms with van der Waals surface area (Å²) in [5.41, 5.74) is 0. The second kappa shape index (κ2) is 15.7. The summed E-state index contributed by atoms with van der Waals surface area (Å²) in [5.74, 6) is 1.28. The third-order valence-electron chi connectivity index (χ3n) is 4.14. The number of carboxylic acid groups (broad SMARTS) is 1. The molecule has 0 aliphatic carbocycles. The molecule has 0 aromatic carbocycles. The van der Waals surface area contributed by atoms with Crippen LogP contribution in [0, 0.1) is 0 Å². The van der Waals surface area contributed by atoms with Crippen LogP contribution in [0.25, 0.3) is 0 Å². The molecule has 2 nitrogen and oxygen atoms in total. The van der Waals surface area contributed by atoms with E-state index in [9.17, 15) is 9.90 Å². The van der Waals surface area contributed by atoms with Crippen LogP contribution in [0.5, 0.6) is 0 Å². The van der Waals surface area contributed by atoms with Crippen LogP contribution in [-0.2, 0) is 4.79 Å². The molecule has 1 N–H and O–H groups in total. The van der Waals surface area contributed by atoms with Gasteiger partial charge in [-0.15, -0.1) is 23.5 Å². The number of hydrogen-bond acceptors (Lipinski definition) is 3. The summed E-state index contributed by atoms with van der Waals surface area (Å²) in [5, 5.41) is 9.54. The van der Waals surface area contributed by atoms with Crippen molar-refractivity contribution in [3.63, 3.8) is 0 Å². The molecule has 0 saturated carbocycles. The average Bonchev–Trinajstić information content (AvgIpc) is 2.53. The summed E-state index contributed by atoms with van der Waals surface area (Å²) >= 11 is 3.26. The fraction of sp³-hybridized carbons (Fsp3) is 0.947. The standard InChI is InChI=1S/C19H38O2S2/c1-4-6-8-10-12-14-16-22-19(3,18(20)21)23-17-15-13-11-9-7-5-2/h4-17H2,1-3H3,(H,20,21). The Morgan fingerprint density at radius 3 is 1.43 bits per heavy atom. The van der Waals surface area contributed by atoms with Crippen LogP contribution in [-0.4, -0.2) is 26.7 Å². The minimum atomic E-state index is -0.663. The number of aliphatic carboxylic acids is 1. The lowest BCUT2D eigenvalue weighted by atomic mass is 10.1. The van der Waals surface area contributed by atoms with Gasteiger partial charge < -0.3 is 5.11 Å². The van der Waals surface area contributed by atoms with Gasteiger partial charge in [0.15, 0.2) is 4.08 Å². The number of unbranched alkanes of at least 4 members (excludes halogenated alkanes) is 10. The highest BCUT2D eigenvalue weighted by Crippen LogP contribution is 2.38. The normalized spacial score (nSPS) is 11.8. The molecule has 0 aromatic rings. The Balaban J connectivity index is 3.77. The van der Waals surface area contributed by atoms with E-state index < -0.39 is 10.0 Å². The van der Waals surface area contributed by atoms with Crippen molar-refractivity contribution in [2.75, 3.05) is 11.5 Å². The number of rotatable bonds is 17. The first-order valence-electron chi connectivity index (χ1n) is 9.58. The Bertz CT molecular complexity index is 265. The molecule has 0 rings (SSSR count). The largest absolute Gasteiger partial charge is 0.480 e. The molecule has 23 heavy (non-hydrogen) atoms. The molecule has 138 valence electrons. The lowest BCUT2D eigenvalue weighted by Gasteiger charge is -2.23. The minimum absolute atomic E-state index is 0.660. The smallest absolute Gasteiger partial charge is 0.329 e. The first kappa shape index (κ1) is 23.2. The van der Waals surface area contributed by atoms with Crippen molar-refractivity contribution in [3.8, 4) is 0 Å². The van der Waals surface area contributed by atoms with E-state index in [-0.39, 0.29) is 0 Å². The first-order chi connectivity index (χ1) is 11.1. The Morgan fingerprint density at radius 1 is 0.739 bits per heavy atom. The van der Waals surface area contributed by atoms with Crippen LogP contribution < -0.4 is 0 Å². The topological polar surface area (TPSA) is 37.3 Å². The van der Waals surface area contributed by atoms with Gasteiger partial charge in [0, 0.05) is 0 Å². The minimum Gasteiger partial charge on any atom is -0.480 e.